The van der Waals surface area contributed by atoms with Gasteiger partial charge in [-0.05, 0) is 18.8 Å². The van der Waals surface area contributed by atoms with Crippen molar-refractivity contribution >= 4 is 22.4 Å². The van der Waals surface area contributed by atoms with Crippen molar-refractivity contribution in [1.29, 1.82) is 0 Å². The van der Waals surface area contributed by atoms with Crippen LogP contribution in [0.5, 0.6) is 0 Å². The van der Waals surface area contributed by atoms with Crippen molar-refractivity contribution in [3.8, 4) is 0 Å². The van der Waals surface area contributed by atoms with Gasteiger partial charge in [0.05, 0.1) is 6.42 Å². The number of aromatic nitrogens is 2. The number of anilines is 1. The molecule has 0 aromatic carbocycles. The maximum atomic E-state index is 12.5. The number of hydrogen-bond donors (Lipinski definition) is 1. The fourth-order valence-electron chi connectivity index (χ4n) is 2.93. The number of rotatable bonds is 4. The van der Waals surface area contributed by atoms with E-state index in [1.165, 1.54) is 24.2 Å². The summed E-state index contributed by atoms with van der Waals surface area (Å²) in [6.45, 7) is 6.08. The Bertz CT molecular complexity index is 501. The zero-order valence-corrected chi connectivity index (χ0v) is 13.5. The summed E-state index contributed by atoms with van der Waals surface area (Å²) in [7, 11) is 1.81. The molecule has 2 aliphatic rings. The fourth-order valence-corrected chi connectivity index (χ4v) is 3.62. The molecule has 21 heavy (non-hydrogen) atoms. The molecule has 116 valence electrons. The third kappa shape index (κ3) is 3.71. The van der Waals surface area contributed by atoms with Crippen LogP contribution in [0, 0.1) is 5.92 Å². The number of amides is 1. The van der Waals surface area contributed by atoms with Crippen LogP contribution in [0.4, 0.5) is 5.13 Å². The van der Waals surface area contributed by atoms with Gasteiger partial charge in [-0.3, -0.25) is 9.69 Å². The maximum Gasteiger partial charge on any atom is 0.229 e. The van der Waals surface area contributed by atoms with Crippen LogP contribution in [0.15, 0.2) is 0 Å². The maximum absolute atomic E-state index is 12.5. The molecule has 2 heterocycles. The Morgan fingerprint density at radius 1 is 1.33 bits per heavy atom. The van der Waals surface area contributed by atoms with E-state index in [1.54, 1.807) is 0 Å². The van der Waals surface area contributed by atoms with Gasteiger partial charge in [-0.15, -0.1) is 10.2 Å². The van der Waals surface area contributed by atoms with E-state index in [9.17, 15) is 4.79 Å². The predicted octanol–water partition coefficient (Wildman–Crippen LogP) is 1.06. The van der Waals surface area contributed by atoms with Crippen molar-refractivity contribution in [2.45, 2.75) is 32.2 Å². The minimum Gasteiger partial charge on any atom is -0.363 e. The lowest BCUT2D eigenvalue weighted by molar-refractivity contribution is -0.130. The molecule has 2 fully saturated rings. The van der Waals surface area contributed by atoms with Crippen LogP contribution in [0.3, 0.4) is 0 Å². The lowest BCUT2D eigenvalue weighted by atomic mass is 10.1. The zero-order valence-electron chi connectivity index (χ0n) is 12.7. The van der Waals surface area contributed by atoms with Crippen molar-refractivity contribution in [2.24, 2.45) is 5.92 Å². The molecule has 1 aliphatic carbocycles. The molecule has 0 spiro atoms. The lowest BCUT2D eigenvalue weighted by Crippen LogP contribution is -2.37. The van der Waals surface area contributed by atoms with Gasteiger partial charge in [-0.1, -0.05) is 18.3 Å². The van der Waals surface area contributed by atoms with Gasteiger partial charge in [-0.2, -0.15) is 0 Å². The molecule has 0 bridgehead atoms. The summed E-state index contributed by atoms with van der Waals surface area (Å²) >= 11 is 1.46. The second-order valence-corrected chi connectivity index (χ2v) is 7.16. The van der Waals surface area contributed by atoms with Crippen molar-refractivity contribution < 1.29 is 4.79 Å². The summed E-state index contributed by atoms with van der Waals surface area (Å²) in [4.78, 5) is 17.0. The molecule has 1 aromatic heterocycles. The molecular formula is C14H23N5OS. The van der Waals surface area contributed by atoms with Gasteiger partial charge < -0.3 is 10.2 Å². The molecule has 0 radical (unpaired) electrons. The molecule has 1 aromatic rings. The average Bonchev–Trinajstić information content (AvgIpc) is 3.23. The first-order chi connectivity index (χ1) is 10.2. The van der Waals surface area contributed by atoms with Crippen LogP contribution < -0.4 is 5.32 Å². The third-order valence-electron chi connectivity index (χ3n) is 4.13. The largest absolute Gasteiger partial charge is 0.363 e. The van der Waals surface area contributed by atoms with E-state index in [1.807, 2.05) is 11.9 Å². The van der Waals surface area contributed by atoms with Crippen molar-refractivity contribution in [1.82, 2.24) is 20.0 Å². The van der Waals surface area contributed by atoms with Gasteiger partial charge >= 0.3 is 0 Å². The van der Waals surface area contributed by atoms with E-state index in [4.69, 9.17) is 0 Å². The number of hydrogen-bond acceptors (Lipinski definition) is 6. The number of carbonyl (C=O) groups excluding carboxylic acids is 1. The summed E-state index contributed by atoms with van der Waals surface area (Å²) in [5, 5.41) is 12.6. The summed E-state index contributed by atoms with van der Waals surface area (Å²) in [5.74, 6) is 0.720. The molecule has 1 N–H and O–H groups in total. The van der Waals surface area contributed by atoms with Crippen molar-refractivity contribution in [2.75, 3.05) is 38.5 Å². The molecule has 1 saturated carbocycles. The molecule has 7 heteroatoms. The molecule has 1 amide bonds. The smallest absolute Gasteiger partial charge is 0.229 e. The van der Waals surface area contributed by atoms with Crippen LogP contribution in [0.2, 0.25) is 0 Å². The molecular weight excluding hydrogens is 286 g/mol. The molecule has 1 unspecified atom stereocenters. The monoisotopic (exact) mass is 309 g/mol. The van der Waals surface area contributed by atoms with Crippen LogP contribution in [0.25, 0.3) is 0 Å². The first-order valence-corrected chi connectivity index (χ1v) is 8.49. The molecule has 1 aliphatic heterocycles. The first-order valence-electron chi connectivity index (χ1n) is 7.67. The van der Waals surface area contributed by atoms with Gasteiger partial charge in [0.2, 0.25) is 11.0 Å². The average molecular weight is 309 g/mol. The third-order valence-corrected chi connectivity index (χ3v) is 5.08. The van der Waals surface area contributed by atoms with Crippen LogP contribution in [0.1, 0.15) is 24.8 Å². The summed E-state index contributed by atoms with van der Waals surface area (Å²) in [5.41, 5.74) is 0. The Balaban J connectivity index is 1.58. The van der Waals surface area contributed by atoms with E-state index in [2.05, 4.69) is 27.3 Å². The van der Waals surface area contributed by atoms with Gasteiger partial charge in [0.15, 0.2) is 0 Å². The fraction of sp³-hybridized carbons (Fsp3) is 0.786. The highest BCUT2D eigenvalue weighted by molar-refractivity contribution is 7.15. The van der Waals surface area contributed by atoms with Gasteiger partial charge in [0, 0.05) is 39.3 Å². The predicted molar refractivity (Wildman–Crippen MR) is 83.5 cm³/mol. The molecule has 3 rings (SSSR count). The summed E-state index contributed by atoms with van der Waals surface area (Å²) in [6, 6.07) is 0.781. The molecule has 1 saturated heterocycles. The molecule has 1 atom stereocenters. The second-order valence-electron chi connectivity index (χ2n) is 6.10. The van der Waals surface area contributed by atoms with Gasteiger partial charge in [0.1, 0.15) is 5.01 Å². The Labute approximate surface area is 129 Å². The number of carbonyl (C=O) groups is 1. The SMILES string of the molecule is CNc1nnc(CC(=O)N2CCN(C3CC3)CC(C)C2)s1. The quantitative estimate of drug-likeness (QED) is 0.901. The summed E-state index contributed by atoms with van der Waals surface area (Å²) < 4.78 is 0. The standard InChI is InChI=1S/C14H23N5OS/c1-10-8-18(11-3-4-11)5-6-19(9-10)13(20)7-12-16-17-14(15-2)21-12/h10-11H,3-9H2,1-2H3,(H,15,17). The number of nitrogens with zero attached hydrogens (tertiary/aromatic N) is 4. The normalized spacial score (nSPS) is 23.9. The van der Waals surface area contributed by atoms with Crippen molar-refractivity contribution in [3.63, 3.8) is 0 Å². The van der Waals surface area contributed by atoms with Crippen LogP contribution >= 0.6 is 11.3 Å². The molecule has 6 nitrogen and oxygen atoms in total. The topological polar surface area (TPSA) is 61.4 Å². The van der Waals surface area contributed by atoms with E-state index >= 15 is 0 Å². The van der Waals surface area contributed by atoms with E-state index < -0.39 is 0 Å². The highest BCUT2D eigenvalue weighted by atomic mass is 32.1. The van der Waals surface area contributed by atoms with Gasteiger partial charge in [-0.25, -0.2) is 0 Å². The lowest BCUT2D eigenvalue weighted by Gasteiger charge is -2.21. The minimum absolute atomic E-state index is 0.179. The Kier molecular flexibility index (Phi) is 4.40. The van der Waals surface area contributed by atoms with Crippen molar-refractivity contribution in [3.05, 3.63) is 5.01 Å². The first kappa shape index (κ1) is 14.7. The van der Waals surface area contributed by atoms with E-state index in [-0.39, 0.29) is 5.91 Å². The van der Waals surface area contributed by atoms with Gasteiger partial charge in [0.25, 0.3) is 0 Å². The zero-order chi connectivity index (χ0) is 14.8. The Morgan fingerprint density at radius 2 is 2.14 bits per heavy atom. The van der Waals surface area contributed by atoms with E-state index in [0.717, 1.165) is 42.4 Å². The Morgan fingerprint density at radius 3 is 2.81 bits per heavy atom. The van der Waals surface area contributed by atoms with Crippen LogP contribution in [-0.2, 0) is 11.2 Å². The summed E-state index contributed by atoms with van der Waals surface area (Å²) in [6.07, 6.45) is 3.03. The van der Waals surface area contributed by atoms with E-state index in [0.29, 0.717) is 12.3 Å². The highest BCUT2D eigenvalue weighted by Crippen LogP contribution is 2.28. The minimum atomic E-state index is 0.179. The highest BCUT2D eigenvalue weighted by Gasteiger charge is 2.33. The Hall–Kier alpha value is -1.21. The second kappa shape index (κ2) is 6.27. The van der Waals surface area contributed by atoms with Crippen LogP contribution in [-0.4, -0.2) is 65.2 Å². The number of nitrogens with one attached hydrogen (secondary N) is 1.